The van der Waals surface area contributed by atoms with Crippen molar-refractivity contribution >= 4 is 27.3 Å². The topological polar surface area (TPSA) is 3.24 Å². The smallest absolute Gasteiger partial charge is 0.0328 e. The van der Waals surface area contributed by atoms with Crippen LogP contribution >= 0.6 is 27.3 Å². The van der Waals surface area contributed by atoms with Gasteiger partial charge in [0.05, 0.1) is 0 Å². The van der Waals surface area contributed by atoms with E-state index < -0.39 is 0 Å². The van der Waals surface area contributed by atoms with Gasteiger partial charge in [-0.2, -0.15) is 0 Å². The first kappa shape index (κ1) is 13.2. The number of hydrogen-bond acceptors (Lipinski definition) is 2. The Kier molecular flexibility index (Phi) is 6.53. The van der Waals surface area contributed by atoms with Gasteiger partial charge in [-0.15, -0.1) is 11.3 Å². The highest BCUT2D eigenvalue weighted by atomic mass is 79.9. The molecule has 0 aromatic carbocycles. The molecule has 15 heavy (non-hydrogen) atoms. The normalized spacial score (nSPS) is 11.2. The second-order valence-corrected chi connectivity index (χ2v) is 5.73. The minimum atomic E-state index is 1.07. The summed E-state index contributed by atoms with van der Waals surface area (Å²) in [5.74, 6) is 0. The van der Waals surface area contributed by atoms with Crippen LogP contribution in [0.5, 0.6) is 0 Å². The van der Waals surface area contributed by atoms with Gasteiger partial charge in [0.15, 0.2) is 0 Å². The molecule has 0 fully saturated rings. The second kappa shape index (κ2) is 7.42. The van der Waals surface area contributed by atoms with Crippen LogP contribution in [0, 0.1) is 0 Å². The molecule has 1 aromatic rings. The van der Waals surface area contributed by atoms with Gasteiger partial charge >= 0.3 is 0 Å². The van der Waals surface area contributed by atoms with Crippen molar-refractivity contribution in [1.29, 1.82) is 0 Å². The fourth-order valence-corrected chi connectivity index (χ4v) is 3.13. The van der Waals surface area contributed by atoms with Crippen molar-refractivity contribution in [2.24, 2.45) is 0 Å². The summed E-state index contributed by atoms with van der Waals surface area (Å²) < 4.78 is 0. The molecule has 0 saturated carbocycles. The molecule has 0 N–H and O–H groups in total. The third-order valence-corrected chi connectivity index (χ3v) is 3.95. The van der Waals surface area contributed by atoms with Gasteiger partial charge in [-0.25, -0.2) is 0 Å². The van der Waals surface area contributed by atoms with Crippen LogP contribution in [0.1, 0.15) is 30.0 Å². The molecule has 1 nitrogen and oxygen atoms in total. The zero-order chi connectivity index (χ0) is 11.1. The first-order valence-corrected chi connectivity index (χ1v) is 7.59. The number of alkyl halides is 1. The Balaban J connectivity index is 2.48. The fourth-order valence-electron chi connectivity index (χ4n) is 1.62. The molecule has 0 saturated heterocycles. The number of rotatable bonds is 7. The lowest BCUT2D eigenvalue weighted by Gasteiger charge is -2.19. The van der Waals surface area contributed by atoms with Crippen LogP contribution in [0.4, 0.5) is 0 Å². The van der Waals surface area contributed by atoms with Crippen LogP contribution in [-0.4, -0.2) is 23.3 Å². The number of hydrogen-bond donors (Lipinski definition) is 0. The Morgan fingerprint density at radius 3 is 2.47 bits per heavy atom. The van der Waals surface area contributed by atoms with Gasteiger partial charge in [0.25, 0.3) is 0 Å². The van der Waals surface area contributed by atoms with E-state index in [9.17, 15) is 0 Å². The Morgan fingerprint density at radius 1 is 1.20 bits per heavy atom. The van der Waals surface area contributed by atoms with E-state index in [4.69, 9.17) is 0 Å². The second-order valence-electron chi connectivity index (χ2n) is 3.69. The Labute approximate surface area is 106 Å². The Bertz CT molecular complexity index is 266. The monoisotopic (exact) mass is 289 g/mol. The van der Waals surface area contributed by atoms with Gasteiger partial charge in [0.1, 0.15) is 0 Å². The zero-order valence-electron chi connectivity index (χ0n) is 9.63. The average molecular weight is 290 g/mol. The van der Waals surface area contributed by atoms with Gasteiger partial charge in [0, 0.05) is 28.2 Å². The maximum absolute atomic E-state index is 3.51. The summed E-state index contributed by atoms with van der Waals surface area (Å²) in [6, 6.07) is 4.54. The van der Waals surface area contributed by atoms with Crippen molar-refractivity contribution < 1.29 is 0 Å². The standard InChI is InChI=1S/C12H20BrNS/c1-3-8-14(9-7-13)10-12-6-5-11(4-2)15-12/h5-6H,3-4,7-10H2,1-2H3. The van der Waals surface area contributed by atoms with E-state index in [1.54, 1.807) is 0 Å². The Hall–Kier alpha value is 0.140. The summed E-state index contributed by atoms with van der Waals surface area (Å²) in [7, 11) is 0. The molecule has 0 spiro atoms. The maximum atomic E-state index is 3.51. The maximum Gasteiger partial charge on any atom is 0.0328 e. The highest BCUT2D eigenvalue weighted by Gasteiger charge is 2.05. The van der Waals surface area contributed by atoms with Crippen molar-refractivity contribution in [2.75, 3.05) is 18.4 Å². The minimum absolute atomic E-state index is 1.07. The summed E-state index contributed by atoms with van der Waals surface area (Å²) in [6.07, 6.45) is 2.40. The first-order chi connectivity index (χ1) is 7.30. The highest BCUT2D eigenvalue weighted by Crippen LogP contribution is 2.18. The van der Waals surface area contributed by atoms with Gasteiger partial charge < -0.3 is 0 Å². The zero-order valence-corrected chi connectivity index (χ0v) is 12.0. The molecule has 0 radical (unpaired) electrons. The molecule has 0 bridgehead atoms. The third kappa shape index (κ3) is 4.66. The van der Waals surface area contributed by atoms with Crippen molar-refractivity contribution in [1.82, 2.24) is 4.90 Å². The van der Waals surface area contributed by atoms with Crippen LogP contribution in [0.2, 0.25) is 0 Å². The van der Waals surface area contributed by atoms with E-state index in [-0.39, 0.29) is 0 Å². The summed E-state index contributed by atoms with van der Waals surface area (Å²) in [6.45, 7) is 7.92. The molecule has 1 heterocycles. The van der Waals surface area contributed by atoms with Crippen LogP contribution < -0.4 is 0 Å². The number of nitrogens with zero attached hydrogens (tertiary/aromatic N) is 1. The van der Waals surface area contributed by atoms with Crippen molar-refractivity contribution in [3.8, 4) is 0 Å². The molecule has 1 rings (SSSR count). The van der Waals surface area contributed by atoms with Crippen molar-refractivity contribution in [3.05, 3.63) is 21.9 Å². The molecule has 0 aliphatic rings. The molecule has 0 unspecified atom stereocenters. The lowest BCUT2D eigenvalue weighted by molar-refractivity contribution is 0.286. The molecule has 0 aliphatic carbocycles. The number of thiophene rings is 1. The molecule has 0 amide bonds. The molecular formula is C12H20BrNS. The average Bonchev–Trinajstić information content (AvgIpc) is 2.66. The Morgan fingerprint density at radius 2 is 1.93 bits per heavy atom. The van der Waals surface area contributed by atoms with E-state index >= 15 is 0 Å². The van der Waals surface area contributed by atoms with Gasteiger partial charge in [0.2, 0.25) is 0 Å². The largest absolute Gasteiger partial charge is 0.297 e. The molecule has 0 aliphatic heterocycles. The summed E-state index contributed by atoms with van der Waals surface area (Å²) >= 11 is 5.47. The van der Waals surface area contributed by atoms with E-state index in [2.05, 4.69) is 46.8 Å². The van der Waals surface area contributed by atoms with E-state index in [0.29, 0.717) is 0 Å². The number of aryl methyl sites for hydroxylation is 1. The van der Waals surface area contributed by atoms with Crippen LogP contribution in [-0.2, 0) is 13.0 Å². The van der Waals surface area contributed by atoms with Crippen molar-refractivity contribution in [3.63, 3.8) is 0 Å². The van der Waals surface area contributed by atoms with Crippen LogP contribution in [0.3, 0.4) is 0 Å². The van der Waals surface area contributed by atoms with Gasteiger partial charge in [-0.3, -0.25) is 4.90 Å². The first-order valence-electron chi connectivity index (χ1n) is 5.66. The molecule has 0 atom stereocenters. The van der Waals surface area contributed by atoms with E-state index in [1.165, 1.54) is 22.7 Å². The van der Waals surface area contributed by atoms with Gasteiger partial charge in [-0.05, 0) is 31.5 Å². The quantitative estimate of drug-likeness (QED) is 0.688. The SMILES string of the molecule is CCCN(CCBr)Cc1ccc(CC)s1. The molecule has 1 aromatic heterocycles. The minimum Gasteiger partial charge on any atom is -0.297 e. The fraction of sp³-hybridized carbons (Fsp3) is 0.667. The predicted molar refractivity (Wildman–Crippen MR) is 73.1 cm³/mol. The highest BCUT2D eigenvalue weighted by molar-refractivity contribution is 9.09. The molecule has 86 valence electrons. The third-order valence-electron chi connectivity index (χ3n) is 2.39. The lowest BCUT2D eigenvalue weighted by atomic mass is 10.3. The lowest BCUT2D eigenvalue weighted by Crippen LogP contribution is -2.25. The summed E-state index contributed by atoms with van der Waals surface area (Å²) in [5, 5.41) is 1.07. The molecule has 3 heteroatoms. The van der Waals surface area contributed by atoms with Crippen LogP contribution in [0.15, 0.2) is 12.1 Å². The predicted octanol–water partition coefficient (Wildman–Crippen LogP) is 3.92. The summed E-state index contributed by atoms with van der Waals surface area (Å²) in [5.41, 5.74) is 0. The molecular weight excluding hydrogens is 270 g/mol. The number of halogens is 1. The van der Waals surface area contributed by atoms with E-state index in [1.807, 2.05) is 11.3 Å². The van der Waals surface area contributed by atoms with Crippen molar-refractivity contribution in [2.45, 2.75) is 33.2 Å². The summed E-state index contributed by atoms with van der Waals surface area (Å²) in [4.78, 5) is 5.52. The van der Waals surface area contributed by atoms with E-state index in [0.717, 1.165) is 24.8 Å². The van der Waals surface area contributed by atoms with Gasteiger partial charge in [-0.1, -0.05) is 29.8 Å². The van der Waals surface area contributed by atoms with Crippen LogP contribution in [0.25, 0.3) is 0 Å².